The maximum absolute atomic E-state index is 8.79. The van der Waals surface area contributed by atoms with Gasteiger partial charge in [-0.05, 0) is 0 Å². The zero-order chi connectivity index (χ0) is 7.40. The van der Waals surface area contributed by atoms with E-state index in [1.54, 1.807) is 23.5 Å². The van der Waals surface area contributed by atoms with E-state index in [4.69, 9.17) is 10.2 Å². The van der Waals surface area contributed by atoms with Crippen LogP contribution in [0.1, 0.15) is 0 Å². The molecule has 10 heavy (non-hydrogen) atoms. The lowest BCUT2D eigenvalue weighted by Crippen LogP contribution is -2.03. The Hall–Kier alpha value is 0.360. The van der Waals surface area contributed by atoms with Gasteiger partial charge in [0.1, 0.15) is 0 Å². The second kappa shape index (κ2) is 4.28. The molecule has 0 atom stereocenters. The van der Waals surface area contributed by atoms with Crippen molar-refractivity contribution in [2.45, 2.75) is 0 Å². The molecular formula is C6H10O2S2. The summed E-state index contributed by atoms with van der Waals surface area (Å²) in [6, 6.07) is 0. The fourth-order valence-corrected chi connectivity index (χ4v) is 2.91. The van der Waals surface area contributed by atoms with Crippen LogP contribution >= 0.6 is 23.5 Å². The molecule has 0 aromatic carbocycles. The zero-order valence-electron chi connectivity index (χ0n) is 5.54. The Bertz CT molecular complexity index is 129. The number of thioether (sulfide) groups is 2. The molecule has 0 saturated heterocycles. The van der Waals surface area contributed by atoms with Crippen LogP contribution in [-0.4, -0.2) is 34.9 Å². The van der Waals surface area contributed by atoms with Crippen LogP contribution in [0.2, 0.25) is 0 Å². The van der Waals surface area contributed by atoms with Gasteiger partial charge in [-0.3, -0.25) is 0 Å². The predicted octanol–water partition coefficient (Wildman–Crippen LogP) is 0.663. The van der Waals surface area contributed by atoms with E-state index in [-0.39, 0.29) is 13.2 Å². The molecule has 4 heteroatoms. The van der Waals surface area contributed by atoms with Gasteiger partial charge in [-0.15, -0.1) is 23.5 Å². The Morgan fingerprint density at radius 1 is 1.00 bits per heavy atom. The minimum Gasteiger partial charge on any atom is -0.391 e. The summed E-state index contributed by atoms with van der Waals surface area (Å²) in [5, 5.41) is 17.6. The second-order valence-corrected chi connectivity index (χ2v) is 4.24. The van der Waals surface area contributed by atoms with Crippen LogP contribution < -0.4 is 0 Å². The summed E-state index contributed by atoms with van der Waals surface area (Å²) in [5.74, 6) is 2.09. The summed E-state index contributed by atoms with van der Waals surface area (Å²) in [6.45, 7) is 0.154. The highest BCUT2D eigenvalue weighted by Crippen LogP contribution is 2.32. The first-order valence-corrected chi connectivity index (χ1v) is 5.05. The van der Waals surface area contributed by atoms with Crippen LogP contribution in [-0.2, 0) is 0 Å². The first-order valence-electron chi connectivity index (χ1n) is 3.08. The Kier molecular flexibility index (Phi) is 3.62. The number of hydrogen-bond acceptors (Lipinski definition) is 4. The van der Waals surface area contributed by atoms with Gasteiger partial charge in [0.15, 0.2) is 0 Å². The van der Waals surface area contributed by atoms with Crippen molar-refractivity contribution in [2.75, 3.05) is 24.7 Å². The summed E-state index contributed by atoms with van der Waals surface area (Å²) < 4.78 is 0. The van der Waals surface area contributed by atoms with E-state index < -0.39 is 0 Å². The third kappa shape index (κ3) is 1.92. The SMILES string of the molecule is OCC1=C(CO)SCCS1. The molecule has 2 nitrogen and oxygen atoms in total. The molecule has 58 valence electrons. The molecule has 0 saturated carbocycles. The normalized spacial score (nSPS) is 19.8. The minimum absolute atomic E-state index is 0.0769. The third-order valence-corrected chi connectivity index (χ3v) is 3.89. The van der Waals surface area contributed by atoms with Crippen molar-refractivity contribution in [3.63, 3.8) is 0 Å². The molecule has 0 spiro atoms. The molecule has 0 aliphatic carbocycles. The smallest absolute Gasteiger partial charge is 0.0749 e. The molecule has 0 fully saturated rings. The summed E-state index contributed by atoms with van der Waals surface area (Å²) in [4.78, 5) is 1.89. The molecule has 2 N–H and O–H groups in total. The van der Waals surface area contributed by atoms with Gasteiger partial charge in [-0.1, -0.05) is 0 Å². The van der Waals surface area contributed by atoms with Crippen molar-refractivity contribution >= 4 is 23.5 Å². The van der Waals surface area contributed by atoms with Crippen LogP contribution in [0.15, 0.2) is 9.81 Å². The van der Waals surface area contributed by atoms with Gasteiger partial charge in [-0.2, -0.15) is 0 Å². The highest BCUT2D eigenvalue weighted by Gasteiger charge is 2.11. The van der Waals surface area contributed by atoms with Crippen molar-refractivity contribution in [2.24, 2.45) is 0 Å². The second-order valence-electron chi connectivity index (χ2n) is 1.86. The van der Waals surface area contributed by atoms with Gasteiger partial charge in [0, 0.05) is 21.3 Å². The molecule has 0 unspecified atom stereocenters. The number of hydrogen-bond donors (Lipinski definition) is 2. The average Bonchev–Trinajstić information content (AvgIpc) is 2.04. The summed E-state index contributed by atoms with van der Waals surface area (Å²) in [6.07, 6.45) is 0. The van der Waals surface area contributed by atoms with E-state index in [0.717, 1.165) is 21.3 Å². The van der Waals surface area contributed by atoms with Crippen LogP contribution in [0, 0.1) is 0 Å². The monoisotopic (exact) mass is 178 g/mol. The standard InChI is InChI=1S/C6H10O2S2/c7-3-5-6(4-8)10-2-1-9-5/h7-8H,1-4H2. The van der Waals surface area contributed by atoms with Gasteiger partial charge in [0.05, 0.1) is 13.2 Å². The van der Waals surface area contributed by atoms with Crippen molar-refractivity contribution < 1.29 is 10.2 Å². The quantitative estimate of drug-likeness (QED) is 0.652. The van der Waals surface area contributed by atoms with E-state index in [1.165, 1.54) is 0 Å². The van der Waals surface area contributed by atoms with Crippen molar-refractivity contribution in [1.82, 2.24) is 0 Å². The lowest BCUT2D eigenvalue weighted by Gasteiger charge is -2.15. The highest BCUT2D eigenvalue weighted by atomic mass is 32.2. The molecule has 0 aromatic heterocycles. The highest BCUT2D eigenvalue weighted by molar-refractivity contribution is 8.10. The number of aliphatic hydroxyl groups excluding tert-OH is 2. The van der Waals surface area contributed by atoms with Crippen LogP contribution in [0.25, 0.3) is 0 Å². The first kappa shape index (κ1) is 8.46. The maximum atomic E-state index is 8.79. The summed E-state index contributed by atoms with van der Waals surface area (Å²) in [7, 11) is 0. The van der Waals surface area contributed by atoms with Crippen molar-refractivity contribution in [3.05, 3.63) is 9.81 Å². The third-order valence-electron chi connectivity index (χ3n) is 1.23. The van der Waals surface area contributed by atoms with Gasteiger partial charge in [-0.25, -0.2) is 0 Å². The lowest BCUT2D eigenvalue weighted by molar-refractivity contribution is 0.324. The molecule has 1 rings (SSSR count). The fourth-order valence-electron chi connectivity index (χ4n) is 0.758. The van der Waals surface area contributed by atoms with Gasteiger partial charge in [0.2, 0.25) is 0 Å². The van der Waals surface area contributed by atoms with Gasteiger partial charge >= 0.3 is 0 Å². The van der Waals surface area contributed by atoms with Crippen LogP contribution in [0.5, 0.6) is 0 Å². The van der Waals surface area contributed by atoms with Crippen molar-refractivity contribution in [1.29, 1.82) is 0 Å². The van der Waals surface area contributed by atoms with E-state index in [9.17, 15) is 0 Å². The molecule has 1 heterocycles. The molecule has 0 aromatic rings. The number of rotatable bonds is 2. The molecule has 1 aliphatic heterocycles. The predicted molar refractivity (Wildman–Crippen MR) is 46.1 cm³/mol. The summed E-state index contributed by atoms with van der Waals surface area (Å²) in [5.41, 5.74) is 0. The zero-order valence-corrected chi connectivity index (χ0v) is 7.17. The van der Waals surface area contributed by atoms with E-state index >= 15 is 0 Å². The largest absolute Gasteiger partial charge is 0.391 e. The van der Waals surface area contributed by atoms with Crippen LogP contribution in [0.3, 0.4) is 0 Å². The minimum atomic E-state index is 0.0769. The van der Waals surface area contributed by atoms with Crippen molar-refractivity contribution in [3.8, 4) is 0 Å². The molecule has 0 bridgehead atoms. The average molecular weight is 178 g/mol. The van der Waals surface area contributed by atoms with Crippen LogP contribution in [0.4, 0.5) is 0 Å². The number of aliphatic hydroxyl groups is 2. The van der Waals surface area contributed by atoms with Gasteiger partial charge < -0.3 is 10.2 Å². The topological polar surface area (TPSA) is 40.5 Å². The van der Waals surface area contributed by atoms with E-state index in [2.05, 4.69) is 0 Å². The molecular weight excluding hydrogens is 168 g/mol. The summed E-state index contributed by atoms with van der Waals surface area (Å²) >= 11 is 3.29. The Morgan fingerprint density at radius 2 is 1.40 bits per heavy atom. The molecule has 1 aliphatic rings. The Labute approximate surface area is 68.7 Å². The first-order chi connectivity index (χ1) is 4.88. The van der Waals surface area contributed by atoms with E-state index in [0.29, 0.717) is 0 Å². The van der Waals surface area contributed by atoms with Gasteiger partial charge in [0.25, 0.3) is 0 Å². The molecule has 0 amide bonds. The fraction of sp³-hybridized carbons (Fsp3) is 0.667. The lowest BCUT2D eigenvalue weighted by atomic mass is 10.5. The Balaban J connectivity index is 2.63. The molecule has 0 radical (unpaired) electrons. The Morgan fingerprint density at radius 3 is 1.70 bits per heavy atom. The van der Waals surface area contributed by atoms with E-state index in [1.807, 2.05) is 0 Å². The maximum Gasteiger partial charge on any atom is 0.0749 e.